The molecule has 1 aromatic carbocycles. The molecule has 0 unspecified atom stereocenters. The van der Waals surface area contributed by atoms with Gasteiger partial charge in [-0.2, -0.15) is 0 Å². The average Bonchev–Trinajstić information content (AvgIpc) is 3.36. The minimum Gasteiger partial charge on any atom is -0.457 e. The first-order valence-electron chi connectivity index (χ1n) is 8.80. The molecule has 0 saturated heterocycles. The van der Waals surface area contributed by atoms with Crippen LogP contribution in [0.15, 0.2) is 46.9 Å². The molecule has 2 amide bonds. The molecule has 0 radical (unpaired) electrons. The molecular weight excluding hydrogens is 396 g/mol. The van der Waals surface area contributed by atoms with E-state index in [1.165, 1.54) is 17.4 Å². The van der Waals surface area contributed by atoms with E-state index < -0.39 is 5.91 Å². The molecule has 2 heterocycles. The van der Waals surface area contributed by atoms with Gasteiger partial charge in [0.05, 0.1) is 5.56 Å². The second kappa shape index (κ2) is 7.66. The lowest BCUT2D eigenvalue weighted by molar-refractivity contribution is -0.111. The number of rotatable bonds is 5. The number of nitrogens with two attached hydrogens (primary N) is 1. The Bertz CT molecular complexity index is 1080. The molecule has 1 aliphatic rings. The lowest BCUT2D eigenvalue weighted by Crippen LogP contribution is -2.16. The van der Waals surface area contributed by atoms with Crippen LogP contribution in [0.3, 0.4) is 0 Å². The van der Waals surface area contributed by atoms with Crippen molar-refractivity contribution >= 4 is 45.8 Å². The summed E-state index contributed by atoms with van der Waals surface area (Å²) in [6, 6.07) is 10.9. The first-order valence-corrected chi connectivity index (χ1v) is 10.00. The second-order valence-electron chi connectivity index (χ2n) is 6.46. The van der Waals surface area contributed by atoms with E-state index in [0.717, 1.165) is 35.3 Å². The maximum Gasteiger partial charge on any atom is 0.251 e. The third-order valence-electron chi connectivity index (χ3n) is 4.56. The summed E-state index contributed by atoms with van der Waals surface area (Å²) in [5.41, 5.74) is 7.84. The molecule has 142 valence electrons. The van der Waals surface area contributed by atoms with Crippen LogP contribution in [0.1, 0.15) is 33.0 Å². The Kier molecular flexibility index (Phi) is 5.07. The van der Waals surface area contributed by atoms with Crippen LogP contribution in [0.5, 0.6) is 0 Å². The zero-order chi connectivity index (χ0) is 19.7. The van der Waals surface area contributed by atoms with Gasteiger partial charge in [-0.3, -0.25) is 9.59 Å². The number of hydrogen-bond acceptors (Lipinski definition) is 4. The van der Waals surface area contributed by atoms with Crippen LogP contribution in [-0.4, -0.2) is 11.8 Å². The van der Waals surface area contributed by atoms with Gasteiger partial charge in [0.2, 0.25) is 5.91 Å². The van der Waals surface area contributed by atoms with Crippen molar-refractivity contribution in [2.75, 3.05) is 5.32 Å². The first kappa shape index (κ1) is 18.5. The van der Waals surface area contributed by atoms with Crippen molar-refractivity contribution < 1.29 is 14.0 Å². The third-order valence-corrected chi connectivity index (χ3v) is 6.02. The van der Waals surface area contributed by atoms with Gasteiger partial charge < -0.3 is 15.5 Å². The number of thiophene rings is 1. The van der Waals surface area contributed by atoms with Crippen molar-refractivity contribution in [1.82, 2.24) is 0 Å². The maximum absolute atomic E-state index is 12.3. The number of fused-ring (bicyclic) bond motifs is 1. The molecule has 2 aromatic heterocycles. The number of halogens is 1. The van der Waals surface area contributed by atoms with E-state index in [0.29, 0.717) is 27.1 Å². The first-order chi connectivity index (χ1) is 13.5. The molecule has 0 atom stereocenters. The fourth-order valence-electron chi connectivity index (χ4n) is 3.28. The molecule has 4 rings (SSSR count). The summed E-state index contributed by atoms with van der Waals surface area (Å²) in [5.74, 6) is 0.385. The van der Waals surface area contributed by atoms with Gasteiger partial charge in [-0.05, 0) is 67.3 Å². The molecular formula is C21H17ClN2O3S. The summed E-state index contributed by atoms with van der Waals surface area (Å²) >= 11 is 7.32. The summed E-state index contributed by atoms with van der Waals surface area (Å²) in [4.78, 5) is 25.2. The molecule has 3 N–H and O–H groups in total. The van der Waals surface area contributed by atoms with E-state index >= 15 is 0 Å². The highest BCUT2D eigenvalue weighted by Gasteiger charge is 2.25. The standard InChI is InChI=1S/C21H17ClN2O3S/c22-13-6-4-12(5-7-13)16-10-8-14(27-16)9-11-18(25)24-21-19(20(23)26)15-2-1-3-17(15)28-21/h4-11H,1-3H2,(H2,23,26)(H,24,25)/b11-9+. The van der Waals surface area contributed by atoms with Crippen LogP contribution in [-0.2, 0) is 17.6 Å². The Hall–Kier alpha value is -2.83. The Morgan fingerprint density at radius 1 is 1.14 bits per heavy atom. The topological polar surface area (TPSA) is 85.3 Å². The molecule has 3 aromatic rings. The van der Waals surface area contributed by atoms with E-state index in [4.69, 9.17) is 21.8 Å². The number of furan rings is 1. The Morgan fingerprint density at radius 2 is 1.93 bits per heavy atom. The lowest BCUT2D eigenvalue weighted by atomic mass is 10.1. The Morgan fingerprint density at radius 3 is 2.68 bits per heavy atom. The lowest BCUT2D eigenvalue weighted by Gasteiger charge is -2.03. The van der Waals surface area contributed by atoms with Gasteiger partial charge in [-0.25, -0.2) is 0 Å². The predicted octanol–water partition coefficient (Wildman–Crippen LogP) is 4.90. The van der Waals surface area contributed by atoms with Gasteiger partial charge in [-0.1, -0.05) is 11.6 Å². The largest absolute Gasteiger partial charge is 0.457 e. The minimum absolute atomic E-state index is 0.341. The number of nitrogens with one attached hydrogen (secondary N) is 1. The van der Waals surface area contributed by atoms with Gasteiger partial charge in [0.15, 0.2) is 0 Å². The Balaban J connectivity index is 1.47. The number of amides is 2. The molecule has 0 fully saturated rings. The number of hydrogen-bond donors (Lipinski definition) is 2. The van der Waals surface area contributed by atoms with Gasteiger partial charge in [0, 0.05) is 21.5 Å². The van der Waals surface area contributed by atoms with Gasteiger partial charge in [0.1, 0.15) is 16.5 Å². The maximum atomic E-state index is 12.3. The molecule has 0 bridgehead atoms. The van der Waals surface area contributed by atoms with Crippen molar-refractivity contribution in [2.24, 2.45) is 5.73 Å². The van der Waals surface area contributed by atoms with E-state index in [1.807, 2.05) is 18.2 Å². The summed E-state index contributed by atoms with van der Waals surface area (Å²) in [5, 5.41) is 3.95. The monoisotopic (exact) mass is 412 g/mol. The number of anilines is 1. The normalized spacial score (nSPS) is 13.0. The highest BCUT2D eigenvalue weighted by Crippen LogP contribution is 2.38. The second-order valence-corrected chi connectivity index (χ2v) is 8.00. The molecule has 1 aliphatic carbocycles. The smallest absolute Gasteiger partial charge is 0.251 e. The number of primary amides is 1. The summed E-state index contributed by atoms with van der Waals surface area (Å²) < 4.78 is 5.74. The van der Waals surface area contributed by atoms with Crippen LogP contribution >= 0.6 is 22.9 Å². The molecule has 28 heavy (non-hydrogen) atoms. The summed E-state index contributed by atoms with van der Waals surface area (Å²) in [6.45, 7) is 0. The van der Waals surface area contributed by atoms with E-state index in [1.54, 1.807) is 24.3 Å². The average molecular weight is 413 g/mol. The van der Waals surface area contributed by atoms with Crippen LogP contribution in [0.4, 0.5) is 5.00 Å². The van der Waals surface area contributed by atoms with Crippen LogP contribution in [0.25, 0.3) is 17.4 Å². The summed E-state index contributed by atoms with van der Waals surface area (Å²) in [7, 11) is 0. The molecule has 7 heteroatoms. The SMILES string of the molecule is NC(=O)c1c(NC(=O)/C=C/c2ccc(-c3ccc(Cl)cc3)o2)sc2c1CCC2. The van der Waals surface area contributed by atoms with Gasteiger partial charge >= 0.3 is 0 Å². The van der Waals surface area contributed by atoms with Crippen molar-refractivity contribution in [2.45, 2.75) is 19.3 Å². The molecule has 0 saturated carbocycles. The fraction of sp³-hybridized carbons (Fsp3) is 0.143. The van der Waals surface area contributed by atoms with E-state index in [9.17, 15) is 9.59 Å². The quantitative estimate of drug-likeness (QED) is 0.584. The van der Waals surface area contributed by atoms with Gasteiger partial charge in [0.25, 0.3) is 5.91 Å². The third kappa shape index (κ3) is 3.74. The molecule has 0 aliphatic heterocycles. The van der Waals surface area contributed by atoms with E-state index in [-0.39, 0.29) is 5.91 Å². The highest BCUT2D eigenvalue weighted by atomic mass is 35.5. The minimum atomic E-state index is -0.502. The summed E-state index contributed by atoms with van der Waals surface area (Å²) in [6.07, 6.45) is 5.73. The number of aryl methyl sites for hydroxylation is 1. The van der Waals surface area contributed by atoms with Crippen LogP contribution in [0.2, 0.25) is 5.02 Å². The van der Waals surface area contributed by atoms with Crippen LogP contribution < -0.4 is 11.1 Å². The highest BCUT2D eigenvalue weighted by molar-refractivity contribution is 7.17. The van der Waals surface area contributed by atoms with E-state index in [2.05, 4.69) is 5.32 Å². The predicted molar refractivity (Wildman–Crippen MR) is 112 cm³/mol. The number of carbonyl (C=O) groups excluding carboxylic acids is 2. The van der Waals surface area contributed by atoms with Crippen molar-refractivity contribution in [1.29, 1.82) is 0 Å². The number of carbonyl (C=O) groups is 2. The fourth-order valence-corrected chi connectivity index (χ4v) is 4.70. The molecule has 0 spiro atoms. The van der Waals surface area contributed by atoms with Crippen molar-refractivity contribution in [3.8, 4) is 11.3 Å². The van der Waals surface area contributed by atoms with Crippen molar-refractivity contribution in [3.63, 3.8) is 0 Å². The van der Waals surface area contributed by atoms with Crippen LogP contribution in [0, 0.1) is 0 Å². The zero-order valence-corrected chi connectivity index (χ0v) is 16.4. The molecule has 5 nitrogen and oxygen atoms in total. The zero-order valence-electron chi connectivity index (χ0n) is 14.8. The van der Waals surface area contributed by atoms with Gasteiger partial charge in [-0.15, -0.1) is 11.3 Å². The Labute approximate surface area is 170 Å². The number of benzene rings is 1. The van der Waals surface area contributed by atoms with Crippen molar-refractivity contribution in [3.05, 3.63) is 69.3 Å².